The molecule has 1 rings (SSSR count). The van der Waals surface area contributed by atoms with Crippen molar-refractivity contribution in [3.05, 3.63) is 36.1 Å². The van der Waals surface area contributed by atoms with Crippen LogP contribution in [0.2, 0.25) is 0 Å². The molecule has 0 atom stereocenters. The summed E-state index contributed by atoms with van der Waals surface area (Å²) in [6.45, 7) is 10.1. The summed E-state index contributed by atoms with van der Waals surface area (Å²) in [5.41, 5.74) is 5.91. The van der Waals surface area contributed by atoms with E-state index in [1.165, 1.54) is 12.1 Å². The Balaban J connectivity index is -0.000000547. The van der Waals surface area contributed by atoms with Crippen molar-refractivity contribution in [2.24, 2.45) is 0 Å². The number of carbonyl (C=O) groups is 1. The normalized spacial score (nSPS) is 11.0. The molecule has 0 spiro atoms. The first kappa shape index (κ1) is 33.6. The van der Waals surface area contributed by atoms with Crippen LogP contribution in [0, 0.1) is 0 Å². The van der Waals surface area contributed by atoms with E-state index in [1.54, 1.807) is 32.0 Å². The highest BCUT2D eigenvalue weighted by Gasteiger charge is 2.15. The van der Waals surface area contributed by atoms with E-state index in [1.807, 2.05) is 6.92 Å². The first-order valence-electron chi connectivity index (χ1n) is 10.8. The van der Waals surface area contributed by atoms with Crippen LogP contribution in [0.3, 0.4) is 0 Å². The van der Waals surface area contributed by atoms with Crippen LogP contribution in [-0.2, 0) is 40.8 Å². The summed E-state index contributed by atoms with van der Waals surface area (Å²) in [6, 6.07) is 6.42. The summed E-state index contributed by atoms with van der Waals surface area (Å²) in [4.78, 5) is 10.9. The minimum Gasteiger partial charge on any atom is -0.498 e. The van der Waals surface area contributed by atoms with Gasteiger partial charge in [0.05, 0.1) is 25.0 Å². The first-order chi connectivity index (χ1) is 15.7. The molecule has 0 aliphatic carbocycles. The van der Waals surface area contributed by atoms with Crippen LogP contribution in [0.5, 0.6) is 0 Å². The average Bonchev–Trinajstić information content (AvgIpc) is 2.74. The van der Waals surface area contributed by atoms with E-state index in [0.29, 0.717) is 38.5 Å². The maximum atomic E-state index is 12.0. The summed E-state index contributed by atoms with van der Waals surface area (Å²) in [7, 11) is -3.27. The van der Waals surface area contributed by atoms with Gasteiger partial charge < -0.3 is 25.4 Å². The number of anilines is 1. The number of esters is 1. The van der Waals surface area contributed by atoms with Gasteiger partial charge in [-0.15, -0.1) is 0 Å². The molecule has 0 aliphatic rings. The Labute approximate surface area is 207 Å². The van der Waals surface area contributed by atoms with Gasteiger partial charge in [0.15, 0.2) is 0 Å². The monoisotopic (exact) mass is 528 g/mol. The van der Waals surface area contributed by atoms with Crippen LogP contribution in [0.1, 0.15) is 47.0 Å². The standard InChI is InChI=1S/C13H22N2O3S.C8H14O3.H2O.HPS/c1-2-3-10-18-11-6-9-15-19(16,17)13-8-5-4-7-12(13)14;1-4-10-7(3)6-8(9)11-5-2;;1-2/h4-5,7-8,15H,2-3,6,9-11,14H2,1H3;6H,4-5H2,1-3H3;1H2;1H/i;;;1T. The lowest BCUT2D eigenvalue weighted by atomic mass is 10.3. The van der Waals surface area contributed by atoms with Crippen LogP contribution in [-0.4, -0.2) is 54.1 Å². The molecule has 0 aromatic heterocycles. The van der Waals surface area contributed by atoms with Crippen LogP contribution in [0.15, 0.2) is 41.0 Å². The molecule has 12 heteroatoms. The maximum absolute atomic E-state index is 12.0. The van der Waals surface area contributed by atoms with Crippen LogP contribution >= 0.6 is 7.96 Å². The second-order valence-corrected chi connectivity index (χ2v) is 7.93. The summed E-state index contributed by atoms with van der Waals surface area (Å²) >= 11 is 4.03. The molecular weight excluding hydrogens is 487 g/mol. The third-order valence-electron chi connectivity index (χ3n) is 3.59. The largest absolute Gasteiger partial charge is 0.498 e. The number of carbonyl (C=O) groups excluding carboxylic acids is 1. The summed E-state index contributed by atoms with van der Waals surface area (Å²) in [5, 5.41) is 0. The quantitative estimate of drug-likeness (QED) is 0.0991. The van der Waals surface area contributed by atoms with Gasteiger partial charge in [0.1, 0.15) is 11.9 Å². The molecule has 5 N–H and O–H groups in total. The molecule has 0 aliphatic heterocycles. The molecule has 1 aromatic rings. The molecule has 0 bridgehead atoms. The van der Waals surface area contributed by atoms with Crippen molar-refractivity contribution in [2.45, 2.75) is 51.9 Å². The highest BCUT2D eigenvalue weighted by molar-refractivity contribution is 7.89. The molecule has 0 saturated carbocycles. The predicted molar refractivity (Wildman–Crippen MR) is 138 cm³/mol. The number of para-hydroxylation sites is 1. The van der Waals surface area contributed by atoms with Crippen molar-refractivity contribution in [1.82, 2.24) is 4.72 Å². The van der Waals surface area contributed by atoms with Gasteiger partial charge in [0, 0.05) is 19.8 Å². The molecule has 1 aromatic carbocycles. The van der Waals surface area contributed by atoms with E-state index in [4.69, 9.17) is 16.5 Å². The summed E-state index contributed by atoms with van der Waals surface area (Å²) in [6.07, 6.45) is 4.12. The average molecular weight is 529 g/mol. The number of nitrogens with two attached hydrogens (primary N) is 1. The van der Waals surface area contributed by atoms with Crippen molar-refractivity contribution >= 4 is 41.4 Å². The molecule has 33 heavy (non-hydrogen) atoms. The molecule has 9 nitrogen and oxygen atoms in total. The summed E-state index contributed by atoms with van der Waals surface area (Å²) < 4.78 is 47.5. The Bertz CT molecular complexity index is 797. The van der Waals surface area contributed by atoms with Gasteiger partial charge in [-0.05, 0) is 53.7 Å². The van der Waals surface area contributed by atoms with E-state index in [2.05, 4.69) is 28.2 Å². The number of nitrogens with one attached hydrogen (secondary N) is 1. The molecule has 0 heterocycles. The number of nitrogen functional groups attached to an aromatic ring is 1. The van der Waals surface area contributed by atoms with Crippen molar-refractivity contribution < 1.29 is 32.9 Å². The topological polar surface area (TPSA) is 148 Å². The molecule has 0 unspecified atom stereocenters. The minimum atomic E-state index is -3.52. The Hall–Kier alpha value is -1.62. The van der Waals surface area contributed by atoms with E-state index >= 15 is 0 Å². The molecule has 0 fully saturated rings. The maximum Gasteiger partial charge on any atom is 0.334 e. The number of benzene rings is 1. The van der Waals surface area contributed by atoms with Gasteiger partial charge in [0.25, 0.3) is 0 Å². The number of ether oxygens (including phenoxy) is 3. The first-order valence-corrected chi connectivity index (χ1v) is 13.3. The van der Waals surface area contributed by atoms with Crippen LogP contribution < -0.4 is 10.5 Å². The van der Waals surface area contributed by atoms with Crippen molar-refractivity contribution in [3.63, 3.8) is 0 Å². The summed E-state index contributed by atoms with van der Waals surface area (Å²) in [5.74, 6) is 0.240. The van der Waals surface area contributed by atoms with E-state index in [0.717, 1.165) is 19.4 Å². The molecule has 192 valence electrons. The lowest BCUT2D eigenvalue weighted by Gasteiger charge is -2.09. The predicted octanol–water partition coefficient (Wildman–Crippen LogP) is 3.01. The second kappa shape index (κ2) is 23.5. The number of rotatable bonds is 13. The van der Waals surface area contributed by atoms with Crippen LogP contribution in [0.25, 0.3) is 0 Å². The van der Waals surface area contributed by atoms with E-state index in [9.17, 15) is 13.2 Å². The highest BCUT2D eigenvalue weighted by Crippen LogP contribution is 2.16. The van der Waals surface area contributed by atoms with Gasteiger partial charge in [-0.25, -0.2) is 17.9 Å². The Kier molecular flexibility index (Phi) is 23.9. The zero-order valence-electron chi connectivity index (χ0n) is 20.8. The molecule has 0 amide bonds. The van der Waals surface area contributed by atoms with Crippen molar-refractivity contribution in [3.8, 4) is 0 Å². The van der Waals surface area contributed by atoms with Crippen molar-refractivity contribution in [1.29, 1.82) is 1.28 Å². The number of sulfonamides is 1. The van der Waals surface area contributed by atoms with Gasteiger partial charge in [-0.2, -0.15) is 0 Å². The smallest absolute Gasteiger partial charge is 0.334 e. The van der Waals surface area contributed by atoms with Gasteiger partial charge in [-0.3, -0.25) is 0 Å². The fraction of sp³-hybridized carbons (Fsp3) is 0.571. The second-order valence-electron chi connectivity index (χ2n) is 6.20. The fourth-order valence-electron chi connectivity index (χ4n) is 2.15. The lowest BCUT2D eigenvalue weighted by molar-refractivity contribution is -0.137. The van der Waals surface area contributed by atoms with Crippen LogP contribution in [0.4, 0.5) is 5.69 Å². The van der Waals surface area contributed by atoms with Crippen molar-refractivity contribution in [2.75, 3.05) is 38.7 Å². The highest BCUT2D eigenvalue weighted by atomic mass is 32.4. The zero-order chi connectivity index (χ0) is 25.5. The number of unbranched alkanes of at least 4 members (excludes halogenated alkanes) is 1. The zero-order valence-corrected chi connectivity index (χ0v) is 22.4. The fourth-order valence-corrected chi connectivity index (χ4v) is 3.36. The van der Waals surface area contributed by atoms with E-state index < -0.39 is 10.0 Å². The number of allylic oxidation sites excluding steroid dienone is 1. The SMILES string of the molecule is CCCCOCCCNS(=O)(=O)c1ccccc1N.CCOC(=O)C=C(C)OCC.O.[3H]P=S. The van der Waals surface area contributed by atoms with Gasteiger partial charge >= 0.3 is 5.97 Å². The minimum absolute atomic E-state index is 0. The Morgan fingerprint density at radius 1 is 1.18 bits per heavy atom. The third kappa shape index (κ3) is 19.5. The molecule has 0 saturated heterocycles. The third-order valence-corrected chi connectivity index (χ3v) is 5.12. The number of hydrogen-bond donors (Lipinski definition) is 2. The molecular formula is C21H39N2O7PS2. The molecule has 0 radical (unpaired) electrons. The van der Waals surface area contributed by atoms with Gasteiger partial charge in [-0.1, -0.05) is 37.3 Å². The van der Waals surface area contributed by atoms with E-state index in [-0.39, 0.29) is 30.0 Å². The number of hydrogen-bond acceptors (Lipinski definition) is 8. The Morgan fingerprint density at radius 2 is 1.76 bits per heavy atom. The Morgan fingerprint density at radius 3 is 2.30 bits per heavy atom. The van der Waals surface area contributed by atoms with Gasteiger partial charge in [0.2, 0.25) is 10.0 Å². The lowest BCUT2D eigenvalue weighted by Crippen LogP contribution is -2.26.